The van der Waals surface area contributed by atoms with Gasteiger partial charge in [-0.05, 0) is 65.4 Å². The minimum absolute atomic E-state index is 0.0567. The van der Waals surface area contributed by atoms with Gasteiger partial charge in [-0.1, -0.05) is 57.2 Å². The van der Waals surface area contributed by atoms with E-state index < -0.39 is 68.9 Å². The predicted octanol–water partition coefficient (Wildman–Crippen LogP) is 6.27. The Morgan fingerprint density at radius 2 is 1.71 bits per heavy atom. The number of sulfonamides is 1. The van der Waals surface area contributed by atoms with Gasteiger partial charge in [0.2, 0.25) is 33.7 Å². The van der Waals surface area contributed by atoms with E-state index >= 15 is 0 Å². The van der Waals surface area contributed by atoms with Crippen LogP contribution < -0.4 is 30.3 Å². The van der Waals surface area contributed by atoms with Crippen LogP contribution in [0, 0.1) is 12.3 Å². The van der Waals surface area contributed by atoms with Gasteiger partial charge in [0.05, 0.1) is 47.3 Å². The second-order valence-corrected chi connectivity index (χ2v) is 20.4. The molecule has 1 saturated heterocycles. The van der Waals surface area contributed by atoms with Gasteiger partial charge in [-0.25, -0.2) is 18.4 Å². The van der Waals surface area contributed by atoms with Gasteiger partial charge in [0, 0.05) is 51.4 Å². The molecule has 0 saturated carbocycles. The summed E-state index contributed by atoms with van der Waals surface area (Å²) in [6.45, 7) is 7.44. The van der Waals surface area contributed by atoms with E-state index in [1.54, 1.807) is 86.1 Å². The van der Waals surface area contributed by atoms with Gasteiger partial charge < -0.3 is 40.7 Å². The van der Waals surface area contributed by atoms with Crippen LogP contribution in [0.3, 0.4) is 0 Å². The van der Waals surface area contributed by atoms with Crippen LogP contribution in [0.2, 0.25) is 0 Å². The number of carbonyl (C=O) groups is 3. The van der Waals surface area contributed by atoms with Crippen molar-refractivity contribution >= 4 is 62.2 Å². The lowest BCUT2D eigenvalue weighted by molar-refractivity contribution is -0.144. The quantitative estimate of drug-likeness (QED) is 0.0544. The van der Waals surface area contributed by atoms with Crippen LogP contribution >= 0.6 is 11.3 Å². The Balaban J connectivity index is 0.939. The summed E-state index contributed by atoms with van der Waals surface area (Å²) in [7, 11) is -2.18. The Morgan fingerprint density at radius 3 is 2.36 bits per heavy atom. The van der Waals surface area contributed by atoms with Gasteiger partial charge in [-0.2, -0.15) is 18.2 Å². The van der Waals surface area contributed by atoms with Crippen LogP contribution in [-0.2, 0) is 48.4 Å². The number of aliphatic hydroxyl groups excluding tert-OH is 1. The highest BCUT2D eigenvalue weighted by molar-refractivity contribution is 7.92. The van der Waals surface area contributed by atoms with Gasteiger partial charge >= 0.3 is 6.18 Å². The lowest BCUT2D eigenvalue weighted by atomic mass is 9.85. The zero-order valence-corrected chi connectivity index (χ0v) is 40.6. The molecule has 22 heteroatoms. The molecule has 0 aliphatic carbocycles. The summed E-state index contributed by atoms with van der Waals surface area (Å²) < 4.78 is 78.1. The fourth-order valence-electron chi connectivity index (χ4n) is 7.29. The number of nitrogens with zero attached hydrogens (tertiary/aromatic N) is 5. The van der Waals surface area contributed by atoms with Crippen molar-refractivity contribution in [1.82, 2.24) is 30.5 Å². The van der Waals surface area contributed by atoms with Crippen molar-refractivity contribution in [3.63, 3.8) is 0 Å². The molecule has 2 aromatic heterocycles. The number of hydrogen-bond acceptors (Lipinski definition) is 14. The van der Waals surface area contributed by atoms with Crippen LogP contribution in [0.15, 0.2) is 84.5 Å². The first-order chi connectivity index (χ1) is 32.6. The Bertz CT molecular complexity index is 2680. The average molecular weight is 996 g/mol. The topological polar surface area (TPSA) is 217 Å². The van der Waals surface area contributed by atoms with E-state index in [0.717, 1.165) is 32.3 Å². The SMILES string of the molecule is Cc1ncsc1-c1ccc(CNC(=O)C2CC(O)CN2C(=O)C(NC(=O)COCCCOc2ccc(Nc3ncc(C(F)(F)F)c(NCc4cccc(N(C)S(C)(=O)=O)c4)n3)cc2)C(C)(C)C)cc1. The molecule has 3 aromatic carbocycles. The van der Waals surface area contributed by atoms with Crippen LogP contribution in [0.1, 0.15) is 56.0 Å². The Morgan fingerprint density at radius 1 is 0.986 bits per heavy atom. The summed E-state index contributed by atoms with van der Waals surface area (Å²) in [6.07, 6.45) is -3.49. The number of nitrogens with one attached hydrogen (secondary N) is 4. The van der Waals surface area contributed by atoms with Crippen molar-refractivity contribution in [1.29, 1.82) is 0 Å². The number of halogens is 3. The predicted molar refractivity (Wildman–Crippen MR) is 256 cm³/mol. The molecule has 0 radical (unpaired) electrons. The van der Waals surface area contributed by atoms with Crippen molar-refractivity contribution in [3.8, 4) is 16.2 Å². The van der Waals surface area contributed by atoms with Crippen LogP contribution in [0.25, 0.3) is 10.4 Å². The molecule has 17 nitrogen and oxygen atoms in total. The van der Waals surface area contributed by atoms with Gasteiger partial charge in [-0.3, -0.25) is 18.7 Å². The molecule has 3 atom stereocenters. The van der Waals surface area contributed by atoms with E-state index in [1.807, 2.05) is 31.2 Å². The second kappa shape index (κ2) is 22.4. The largest absolute Gasteiger partial charge is 0.494 e. The maximum atomic E-state index is 14.0. The molecule has 1 aliphatic rings. The number of aromatic nitrogens is 3. The summed E-state index contributed by atoms with van der Waals surface area (Å²) in [5, 5.41) is 21.8. The first-order valence-electron chi connectivity index (χ1n) is 21.9. The molecule has 3 heterocycles. The number of ether oxygens (including phenoxy) is 2. The van der Waals surface area contributed by atoms with Crippen molar-refractivity contribution in [2.24, 2.45) is 5.41 Å². The second-order valence-electron chi connectivity index (χ2n) is 17.6. The zero-order chi connectivity index (χ0) is 50.1. The van der Waals surface area contributed by atoms with Gasteiger partial charge in [0.15, 0.2) is 0 Å². The van der Waals surface area contributed by atoms with Crippen molar-refractivity contribution in [2.75, 3.05) is 54.6 Å². The Labute approximate surface area is 402 Å². The van der Waals surface area contributed by atoms with E-state index in [9.17, 15) is 41.1 Å². The molecule has 3 amide bonds. The monoisotopic (exact) mass is 995 g/mol. The molecule has 370 valence electrons. The number of aliphatic hydroxyl groups is 1. The fraction of sp³-hybridized carbons (Fsp3) is 0.404. The molecule has 3 unspecified atom stereocenters. The van der Waals surface area contributed by atoms with E-state index in [2.05, 4.69) is 36.2 Å². The molecule has 5 N–H and O–H groups in total. The van der Waals surface area contributed by atoms with Crippen molar-refractivity contribution < 1.29 is 50.6 Å². The average Bonchev–Trinajstić information content (AvgIpc) is 3.92. The minimum atomic E-state index is -4.75. The molecular formula is C47H56F3N9O8S2. The third kappa shape index (κ3) is 14.3. The Hall–Kier alpha value is -6.36. The summed E-state index contributed by atoms with van der Waals surface area (Å²) in [6, 6.07) is 18.7. The molecule has 5 aromatic rings. The molecule has 6 rings (SSSR count). The van der Waals surface area contributed by atoms with Gasteiger partial charge in [0.25, 0.3) is 0 Å². The summed E-state index contributed by atoms with van der Waals surface area (Å²) >= 11 is 1.55. The maximum Gasteiger partial charge on any atom is 0.421 e. The van der Waals surface area contributed by atoms with E-state index in [0.29, 0.717) is 35.3 Å². The molecular weight excluding hydrogens is 940 g/mol. The number of carbonyl (C=O) groups excluding carboxylic acids is 3. The minimum Gasteiger partial charge on any atom is -0.494 e. The lowest BCUT2D eigenvalue weighted by Crippen LogP contribution is -2.58. The van der Waals surface area contributed by atoms with Crippen molar-refractivity contribution in [3.05, 3.63) is 107 Å². The molecule has 69 heavy (non-hydrogen) atoms. The van der Waals surface area contributed by atoms with Crippen LogP contribution in [0.4, 0.5) is 36.3 Å². The standard InChI is InChI=1S/C47H56F3N9O8S2/c1-29-40(68-28-54-29)32-13-11-30(12-14-32)23-52-43(62)38-22-35(60)26-59(38)44(63)41(46(2,3)4)56-39(61)27-66-19-8-20-67-36-17-15-33(16-18-36)55-45-53-25-37(47(48,49)50)42(57-45)51-24-31-9-7-10-34(21-31)58(5)69(6,64)65/h7,9-18,21,25,28,35,38,41,60H,8,19-20,22-24,26-27H2,1-6H3,(H,52,62)(H,56,61)(H2,51,53,55,57). The Kier molecular flexibility index (Phi) is 16.9. The summed E-state index contributed by atoms with van der Waals surface area (Å²) in [4.78, 5) is 55.1. The van der Waals surface area contributed by atoms with Gasteiger partial charge in [0.1, 0.15) is 35.8 Å². The van der Waals surface area contributed by atoms with Crippen molar-refractivity contribution in [2.45, 2.75) is 78.0 Å². The highest BCUT2D eigenvalue weighted by atomic mass is 32.2. The smallest absolute Gasteiger partial charge is 0.421 e. The number of rotatable bonds is 20. The van der Waals surface area contributed by atoms with Crippen LogP contribution in [-0.4, -0.2) is 109 Å². The number of amides is 3. The molecule has 0 bridgehead atoms. The number of benzene rings is 3. The molecule has 0 spiro atoms. The number of β-amino-alcohol motifs (C(OH)–C–C–N with tert-alkyl or cyclic N) is 1. The van der Waals surface area contributed by atoms with E-state index in [1.165, 1.54) is 11.9 Å². The number of likely N-dealkylation sites (tertiary alicyclic amines) is 1. The summed E-state index contributed by atoms with van der Waals surface area (Å²) in [5.74, 6) is -1.52. The number of thiazole rings is 1. The number of anilines is 4. The fourth-order valence-corrected chi connectivity index (χ4v) is 8.59. The van der Waals surface area contributed by atoms with Gasteiger partial charge in [-0.15, -0.1) is 11.3 Å². The maximum absolute atomic E-state index is 14.0. The third-order valence-electron chi connectivity index (χ3n) is 11.1. The van der Waals surface area contributed by atoms with E-state index in [4.69, 9.17) is 9.47 Å². The highest BCUT2D eigenvalue weighted by Crippen LogP contribution is 2.35. The lowest BCUT2D eigenvalue weighted by Gasteiger charge is -2.35. The molecule has 1 fully saturated rings. The highest BCUT2D eigenvalue weighted by Gasteiger charge is 2.44. The first-order valence-corrected chi connectivity index (χ1v) is 24.6. The third-order valence-corrected chi connectivity index (χ3v) is 13.3. The normalized spacial score (nSPS) is 15.6. The van der Waals surface area contributed by atoms with E-state index in [-0.39, 0.29) is 51.8 Å². The number of hydrogen-bond donors (Lipinski definition) is 5. The number of aryl methyl sites for hydroxylation is 1. The zero-order valence-electron chi connectivity index (χ0n) is 39.0. The molecule has 1 aliphatic heterocycles. The van der Waals surface area contributed by atoms with Crippen LogP contribution in [0.5, 0.6) is 5.75 Å². The summed E-state index contributed by atoms with van der Waals surface area (Å²) in [5.41, 5.74) is 4.12. The first kappa shape index (κ1) is 52.0. The number of alkyl halides is 3.